The van der Waals surface area contributed by atoms with Gasteiger partial charge in [-0.2, -0.15) is 4.31 Å². The van der Waals surface area contributed by atoms with Crippen LogP contribution in [-0.2, 0) is 5.75 Å². The summed E-state index contributed by atoms with van der Waals surface area (Å²) in [5.74, 6) is 0.465. The lowest BCUT2D eigenvalue weighted by Gasteiger charge is -2.13. The number of hydrogen-bond donors (Lipinski definition) is 2. The highest BCUT2D eigenvalue weighted by molar-refractivity contribution is 7.97. The van der Waals surface area contributed by atoms with Gasteiger partial charge in [-0.05, 0) is 17.5 Å². The average molecular weight is 225 g/mol. The van der Waals surface area contributed by atoms with Gasteiger partial charge in [-0.3, -0.25) is 0 Å². The molecule has 6 heteroatoms. The van der Waals surface area contributed by atoms with E-state index in [0.717, 1.165) is 21.8 Å². The standard InChI is InChI=1S/C9H11N3O2S/c10-8(13)12(9(11)14)15-6-7-4-2-1-3-5-7/h1-5H,6H2,(H2,10,13)(H2,11,14). The Morgan fingerprint density at radius 1 is 1.13 bits per heavy atom. The van der Waals surface area contributed by atoms with Crippen LogP contribution in [-0.4, -0.2) is 16.4 Å². The first-order chi connectivity index (χ1) is 7.11. The predicted octanol–water partition coefficient (Wildman–Crippen LogP) is 1.29. The first kappa shape index (κ1) is 11.4. The SMILES string of the molecule is NC(=O)N(SCc1ccccc1)C(N)=O. The Balaban J connectivity index is 2.55. The molecule has 0 heterocycles. The van der Waals surface area contributed by atoms with Gasteiger partial charge in [0.25, 0.3) is 0 Å². The summed E-state index contributed by atoms with van der Waals surface area (Å²) in [4.78, 5) is 21.6. The van der Waals surface area contributed by atoms with Gasteiger partial charge >= 0.3 is 12.1 Å². The smallest absolute Gasteiger partial charge is 0.333 e. The summed E-state index contributed by atoms with van der Waals surface area (Å²) in [5, 5.41) is 0. The zero-order valence-corrected chi connectivity index (χ0v) is 8.74. The average Bonchev–Trinajstić information content (AvgIpc) is 2.18. The summed E-state index contributed by atoms with van der Waals surface area (Å²) in [5.41, 5.74) is 10.9. The zero-order chi connectivity index (χ0) is 11.3. The van der Waals surface area contributed by atoms with Crippen molar-refractivity contribution in [1.82, 2.24) is 4.31 Å². The minimum absolute atomic E-state index is 0.465. The highest BCUT2D eigenvalue weighted by Gasteiger charge is 2.16. The number of nitrogens with zero attached hydrogens (tertiary/aromatic N) is 1. The Morgan fingerprint density at radius 3 is 2.13 bits per heavy atom. The van der Waals surface area contributed by atoms with Crippen LogP contribution in [0.25, 0.3) is 0 Å². The fourth-order valence-corrected chi connectivity index (χ4v) is 1.67. The third-order valence-corrected chi connectivity index (χ3v) is 2.68. The van der Waals surface area contributed by atoms with Crippen LogP contribution in [0, 0.1) is 0 Å². The lowest BCUT2D eigenvalue weighted by Crippen LogP contribution is -2.38. The Kier molecular flexibility index (Phi) is 3.99. The summed E-state index contributed by atoms with van der Waals surface area (Å²) in [6.45, 7) is 0. The van der Waals surface area contributed by atoms with Crippen molar-refractivity contribution in [3.8, 4) is 0 Å². The van der Waals surface area contributed by atoms with Gasteiger partial charge in [0.05, 0.1) is 0 Å². The first-order valence-electron chi connectivity index (χ1n) is 4.17. The second-order valence-electron chi connectivity index (χ2n) is 2.73. The van der Waals surface area contributed by atoms with Crippen LogP contribution in [0.4, 0.5) is 9.59 Å². The molecule has 0 aliphatic rings. The Labute approximate surface area is 91.5 Å². The van der Waals surface area contributed by atoms with Crippen LogP contribution in [0.3, 0.4) is 0 Å². The van der Waals surface area contributed by atoms with Crippen molar-refractivity contribution < 1.29 is 9.59 Å². The van der Waals surface area contributed by atoms with Crippen LogP contribution in [0.5, 0.6) is 0 Å². The lowest BCUT2D eigenvalue weighted by atomic mass is 10.2. The second kappa shape index (κ2) is 5.26. The quantitative estimate of drug-likeness (QED) is 0.759. The van der Waals surface area contributed by atoms with Crippen molar-refractivity contribution in [3.63, 3.8) is 0 Å². The molecule has 1 rings (SSSR count). The minimum atomic E-state index is -0.858. The van der Waals surface area contributed by atoms with Gasteiger partial charge in [0.15, 0.2) is 0 Å². The highest BCUT2D eigenvalue weighted by Crippen LogP contribution is 2.16. The summed E-state index contributed by atoms with van der Waals surface area (Å²) >= 11 is 0.975. The van der Waals surface area contributed by atoms with Crippen LogP contribution < -0.4 is 11.5 Å². The van der Waals surface area contributed by atoms with Gasteiger partial charge < -0.3 is 11.5 Å². The van der Waals surface area contributed by atoms with E-state index in [-0.39, 0.29) is 0 Å². The molecular weight excluding hydrogens is 214 g/mol. The fraction of sp³-hybridized carbons (Fsp3) is 0.111. The normalized spacial score (nSPS) is 9.60. The first-order valence-corrected chi connectivity index (χ1v) is 5.11. The van der Waals surface area contributed by atoms with Gasteiger partial charge in [-0.1, -0.05) is 30.3 Å². The van der Waals surface area contributed by atoms with E-state index in [4.69, 9.17) is 11.5 Å². The minimum Gasteiger partial charge on any atom is -0.350 e. The molecule has 0 radical (unpaired) electrons. The molecule has 4 N–H and O–H groups in total. The summed E-state index contributed by atoms with van der Waals surface area (Å²) in [6, 6.07) is 7.67. The number of benzene rings is 1. The highest BCUT2D eigenvalue weighted by atomic mass is 32.2. The third-order valence-electron chi connectivity index (χ3n) is 1.60. The Bertz CT molecular complexity index is 342. The van der Waals surface area contributed by atoms with Crippen molar-refractivity contribution >= 4 is 24.0 Å². The van der Waals surface area contributed by atoms with E-state index in [1.54, 1.807) is 0 Å². The topological polar surface area (TPSA) is 89.4 Å². The van der Waals surface area contributed by atoms with Crippen molar-refractivity contribution in [2.24, 2.45) is 11.5 Å². The number of nitrogens with two attached hydrogens (primary N) is 2. The molecule has 0 saturated heterocycles. The molecule has 15 heavy (non-hydrogen) atoms. The van der Waals surface area contributed by atoms with Gasteiger partial charge in [-0.15, -0.1) is 0 Å². The molecule has 4 amide bonds. The van der Waals surface area contributed by atoms with E-state index in [1.807, 2.05) is 30.3 Å². The molecule has 1 aromatic carbocycles. The van der Waals surface area contributed by atoms with E-state index >= 15 is 0 Å². The Hall–Kier alpha value is -1.69. The van der Waals surface area contributed by atoms with Gasteiger partial charge in [0.1, 0.15) is 0 Å². The van der Waals surface area contributed by atoms with Gasteiger partial charge in [0, 0.05) is 5.75 Å². The summed E-state index contributed by atoms with van der Waals surface area (Å²) in [7, 11) is 0. The van der Waals surface area contributed by atoms with Gasteiger partial charge in [-0.25, -0.2) is 9.59 Å². The number of rotatable bonds is 3. The van der Waals surface area contributed by atoms with E-state index in [2.05, 4.69) is 0 Å². The molecule has 80 valence electrons. The molecular formula is C9H11N3O2S. The van der Waals surface area contributed by atoms with Crippen molar-refractivity contribution in [3.05, 3.63) is 35.9 Å². The number of amides is 4. The molecule has 0 unspecified atom stereocenters. The van der Waals surface area contributed by atoms with E-state index in [1.165, 1.54) is 0 Å². The van der Waals surface area contributed by atoms with E-state index < -0.39 is 12.1 Å². The van der Waals surface area contributed by atoms with Crippen molar-refractivity contribution in [2.45, 2.75) is 5.75 Å². The number of hydrogen-bond acceptors (Lipinski definition) is 3. The maximum absolute atomic E-state index is 10.8. The largest absolute Gasteiger partial charge is 0.350 e. The number of imide groups is 1. The summed E-state index contributed by atoms with van der Waals surface area (Å²) < 4.78 is 0.729. The van der Waals surface area contributed by atoms with Crippen LogP contribution in [0.15, 0.2) is 30.3 Å². The predicted molar refractivity (Wildman–Crippen MR) is 58.7 cm³/mol. The van der Waals surface area contributed by atoms with Crippen LogP contribution in [0.1, 0.15) is 5.56 Å². The molecule has 0 aromatic heterocycles. The van der Waals surface area contributed by atoms with Crippen molar-refractivity contribution in [2.75, 3.05) is 0 Å². The van der Waals surface area contributed by atoms with Crippen molar-refractivity contribution in [1.29, 1.82) is 0 Å². The Morgan fingerprint density at radius 2 is 1.67 bits per heavy atom. The maximum atomic E-state index is 10.8. The third kappa shape index (κ3) is 3.51. The number of urea groups is 2. The molecule has 0 bridgehead atoms. The number of carbonyl (C=O) groups is 2. The van der Waals surface area contributed by atoms with E-state index in [9.17, 15) is 9.59 Å². The fourth-order valence-electron chi connectivity index (χ4n) is 0.949. The number of primary amides is 2. The van der Waals surface area contributed by atoms with E-state index in [0.29, 0.717) is 5.75 Å². The summed E-state index contributed by atoms with van der Waals surface area (Å²) in [6.07, 6.45) is 0. The molecule has 0 atom stereocenters. The molecule has 0 spiro atoms. The molecule has 5 nitrogen and oxygen atoms in total. The molecule has 1 aromatic rings. The monoisotopic (exact) mass is 225 g/mol. The molecule has 0 fully saturated rings. The molecule has 0 saturated carbocycles. The van der Waals surface area contributed by atoms with Gasteiger partial charge in [0.2, 0.25) is 0 Å². The maximum Gasteiger partial charge on any atom is 0.333 e. The molecule has 0 aliphatic heterocycles. The van der Waals surface area contributed by atoms with Crippen LogP contribution >= 0.6 is 11.9 Å². The zero-order valence-electron chi connectivity index (χ0n) is 7.92. The molecule has 0 aliphatic carbocycles. The second-order valence-corrected chi connectivity index (χ2v) is 3.64. The number of carbonyl (C=O) groups excluding carboxylic acids is 2. The van der Waals surface area contributed by atoms with Crippen LogP contribution in [0.2, 0.25) is 0 Å². The lowest BCUT2D eigenvalue weighted by molar-refractivity contribution is 0.221.